The van der Waals surface area contributed by atoms with Crippen molar-refractivity contribution in [1.29, 1.82) is 0 Å². The van der Waals surface area contributed by atoms with E-state index in [1.54, 1.807) is 42.5 Å². The van der Waals surface area contributed by atoms with Gasteiger partial charge < -0.3 is 18.9 Å². The summed E-state index contributed by atoms with van der Waals surface area (Å²) >= 11 is 6.16. The number of ketones is 1. The molecule has 1 atom stereocenters. The fourth-order valence-corrected chi connectivity index (χ4v) is 3.93. The van der Waals surface area contributed by atoms with Gasteiger partial charge in [-0.05, 0) is 18.6 Å². The number of aromatic nitrogens is 1. The third-order valence-electron chi connectivity index (χ3n) is 3.92. The number of Topliss-reactive ketones (excluding diaryl/α,β-unsaturated/α-hetero) is 1. The van der Waals surface area contributed by atoms with Crippen molar-refractivity contribution in [2.75, 3.05) is 0 Å². The summed E-state index contributed by atoms with van der Waals surface area (Å²) in [7, 11) is -5.29. The zero-order valence-electron chi connectivity index (χ0n) is 15.6. The number of halogens is 1. The van der Waals surface area contributed by atoms with E-state index in [2.05, 4.69) is 5.16 Å². The number of nitrogens with zero attached hydrogens (tertiary/aromatic N) is 1. The molecule has 3 rings (SSSR count). The van der Waals surface area contributed by atoms with E-state index in [-0.39, 0.29) is 81.7 Å². The average molecular weight is 436 g/mol. The van der Waals surface area contributed by atoms with Gasteiger partial charge in [0, 0.05) is 5.56 Å². The van der Waals surface area contributed by atoms with Crippen LogP contribution in [0.5, 0.6) is 0 Å². The van der Waals surface area contributed by atoms with Gasteiger partial charge in [0.05, 0.1) is 16.2 Å². The summed E-state index contributed by atoms with van der Waals surface area (Å²) in [6.45, 7) is 1.48. The second-order valence-electron chi connectivity index (χ2n) is 5.66. The zero-order chi connectivity index (χ0) is 18.9. The minimum atomic E-state index is -5.29. The van der Waals surface area contributed by atoms with Crippen molar-refractivity contribution in [2.45, 2.75) is 12.6 Å². The number of carbonyl (C=O) groups is 1. The van der Waals surface area contributed by atoms with Crippen LogP contribution in [-0.4, -0.2) is 10.9 Å². The van der Waals surface area contributed by atoms with Crippen molar-refractivity contribution in [3.05, 3.63) is 76.5 Å². The molecule has 10 heteroatoms. The fourth-order valence-electron chi connectivity index (χ4n) is 2.75. The molecule has 0 aliphatic carbocycles. The zero-order valence-corrected chi connectivity index (χ0v) is 21.2. The number of aryl methyl sites for hydroxylation is 1. The van der Waals surface area contributed by atoms with Gasteiger partial charge in [-0.15, -0.1) is 0 Å². The normalized spacial score (nSPS) is 11.9. The number of hydrogen-bond donors (Lipinski definition) is 0. The fraction of sp³-hybridized carbons (Fsp3) is 0.111. The maximum Gasteiger partial charge on any atom is 1.00 e. The van der Waals surface area contributed by atoms with Crippen LogP contribution in [-0.2, 0) is 4.57 Å². The van der Waals surface area contributed by atoms with E-state index in [0.717, 1.165) is 0 Å². The van der Waals surface area contributed by atoms with E-state index in [4.69, 9.17) is 16.1 Å². The molecule has 0 spiro atoms. The van der Waals surface area contributed by atoms with E-state index in [0.29, 0.717) is 10.6 Å². The molecule has 134 valence electrons. The number of benzene rings is 2. The van der Waals surface area contributed by atoms with Crippen LogP contribution in [0.25, 0.3) is 11.3 Å². The van der Waals surface area contributed by atoms with Gasteiger partial charge in [-0.1, -0.05) is 72.9 Å². The van der Waals surface area contributed by atoms with Crippen LogP contribution in [0.15, 0.2) is 59.1 Å². The Morgan fingerprint density at radius 1 is 1.07 bits per heavy atom. The van der Waals surface area contributed by atoms with Gasteiger partial charge in [0.25, 0.3) is 0 Å². The van der Waals surface area contributed by atoms with Gasteiger partial charge in [0.1, 0.15) is 11.5 Å². The predicted molar refractivity (Wildman–Crippen MR) is 92.8 cm³/mol. The van der Waals surface area contributed by atoms with E-state index in [1.165, 1.54) is 19.1 Å². The van der Waals surface area contributed by atoms with Crippen molar-refractivity contribution >= 4 is 25.0 Å². The van der Waals surface area contributed by atoms with Crippen molar-refractivity contribution in [3.63, 3.8) is 0 Å². The van der Waals surface area contributed by atoms with Crippen molar-refractivity contribution in [3.8, 4) is 11.3 Å². The molecule has 1 aromatic heterocycles. The topological polar surface area (TPSA) is 106 Å². The number of carbonyl (C=O) groups excluding carboxylic acids is 1. The van der Waals surface area contributed by atoms with Gasteiger partial charge in [-0.2, -0.15) is 0 Å². The minimum Gasteiger partial charge on any atom is -0.810 e. The smallest absolute Gasteiger partial charge is 0.810 e. The van der Waals surface area contributed by atoms with Gasteiger partial charge in [0.2, 0.25) is 0 Å². The van der Waals surface area contributed by atoms with Crippen LogP contribution in [0.3, 0.4) is 0 Å². The van der Waals surface area contributed by atoms with E-state index >= 15 is 0 Å². The van der Waals surface area contributed by atoms with Gasteiger partial charge in [-0.25, -0.2) is 0 Å². The molecule has 0 amide bonds. The van der Waals surface area contributed by atoms with Crippen LogP contribution >= 0.6 is 19.2 Å². The third kappa shape index (κ3) is 5.46. The van der Waals surface area contributed by atoms with Crippen LogP contribution in [0.1, 0.15) is 27.3 Å². The minimum absolute atomic E-state index is 0. The van der Waals surface area contributed by atoms with Crippen molar-refractivity contribution < 1.29 is 82.8 Å². The summed E-state index contributed by atoms with van der Waals surface area (Å²) in [5.41, 5.74) is -1.33. The first-order chi connectivity index (χ1) is 12.3. The molecular weight excluding hydrogens is 423 g/mol. The second-order valence-corrected chi connectivity index (χ2v) is 7.66. The molecule has 1 heterocycles. The molecule has 0 radical (unpaired) electrons. The number of hydrogen-bond acceptors (Lipinski definition) is 6. The average Bonchev–Trinajstić information content (AvgIpc) is 2.96. The Morgan fingerprint density at radius 3 is 2.21 bits per heavy atom. The van der Waals surface area contributed by atoms with Crippen LogP contribution in [0, 0.1) is 6.92 Å². The second kappa shape index (κ2) is 10.7. The first-order valence-corrected chi connectivity index (χ1v) is 9.61. The summed E-state index contributed by atoms with van der Waals surface area (Å²) in [4.78, 5) is 36.8. The quantitative estimate of drug-likeness (QED) is 0.243. The molecule has 0 N–H and O–H groups in total. The Balaban J connectivity index is 0.00000196. The van der Waals surface area contributed by atoms with Gasteiger partial charge >= 0.3 is 59.1 Å². The maximum atomic E-state index is 13.1. The summed E-state index contributed by atoms with van der Waals surface area (Å²) in [6, 6.07) is 14.2. The van der Waals surface area contributed by atoms with Crippen LogP contribution in [0.4, 0.5) is 0 Å². The molecule has 0 saturated heterocycles. The summed E-state index contributed by atoms with van der Waals surface area (Å²) in [5.74, 6) is -0.780. The van der Waals surface area contributed by atoms with Gasteiger partial charge in [0.15, 0.2) is 5.78 Å². The summed E-state index contributed by atoms with van der Waals surface area (Å²) in [5, 5.41) is 4.17. The van der Waals surface area contributed by atoms with Crippen molar-refractivity contribution in [1.82, 2.24) is 5.16 Å². The standard InChI is InChI=1S/C18H15ClNO5P.2Na/c1-11-15(16(20-25-11)13-9-5-6-10-14(13)19)17(21)18(26(22,23)24)12-7-3-2-4-8-12;;/h2-10,18H,1H3,(H2,22,23,24);;/q;2*+1/p-2. The van der Waals surface area contributed by atoms with Gasteiger partial charge in [-0.3, -0.25) is 4.79 Å². The molecule has 0 aliphatic heterocycles. The monoisotopic (exact) mass is 435 g/mol. The summed E-state index contributed by atoms with van der Waals surface area (Å²) in [6.07, 6.45) is 0. The molecular formula is C18H13ClNNa2O5P. The van der Waals surface area contributed by atoms with Crippen molar-refractivity contribution in [2.24, 2.45) is 0 Å². The summed E-state index contributed by atoms with van der Waals surface area (Å²) < 4.78 is 17.0. The number of rotatable bonds is 5. The SMILES string of the molecule is Cc1onc(-c2ccccc2Cl)c1C(=O)C(c1ccccc1)P(=O)([O-])[O-].[Na+].[Na+]. The molecule has 1 unspecified atom stereocenters. The Hall–Kier alpha value is -0.240. The Bertz CT molecular complexity index is 1010. The van der Waals surface area contributed by atoms with E-state index < -0.39 is 19.0 Å². The largest absolute Gasteiger partial charge is 1.00 e. The molecule has 2 aromatic carbocycles. The Morgan fingerprint density at radius 2 is 1.64 bits per heavy atom. The molecule has 0 bridgehead atoms. The maximum absolute atomic E-state index is 13.1. The Labute approximate surface area is 211 Å². The predicted octanol–water partition coefficient (Wildman–Crippen LogP) is -2.85. The molecule has 6 nitrogen and oxygen atoms in total. The van der Waals surface area contributed by atoms with Crippen LogP contribution in [0.2, 0.25) is 5.02 Å². The molecule has 0 fully saturated rings. The molecule has 3 aromatic rings. The molecule has 28 heavy (non-hydrogen) atoms. The Kier molecular flexibility index (Phi) is 9.85. The molecule has 0 saturated carbocycles. The molecule has 0 aliphatic rings. The van der Waals surface area contributed by atoms with E-state index in [1.807, 2.05) is 0 Å². The first kappa shape index (κ1) is 25.8. The first-order valence-electron chi connectivity index (χ1n) is 7.62. The van der Waals surface area contributed by atoms with E-state index in [9.17, 15) is 19.1 Å². The third-order valence-corrected chi connectivity index (χ3v) is 5.41. The van der Waals surface area contributed by atoms with Crippen LogP contribution < -0.4 is 68.9 Å².